The third-order valence-electron chi connectivity index (χ3n) is 5.44. The molecule has 0 spiro atoms. The Bertz CT molecular complexity index is 1320. The number of carbonyl (C=O) groups excluding carboxylic acids is 1. The van der Waals surface area contributed by atoms with Gasteiger partial charge in [0.15, 0.2) is 5.11 Å². The summed E-state index contributed by atoms with van der Waals surface area (Å²) < 4.78 is 14.2. The van der Waals surface area contributed by atoms with Gasteiger partial charge >= 0.3 is 0 Å². The fourth-order valence-electron chi connectivity index (χ4n) is 3.77. The van der Waals surface area contributed by atoms with Crippen molar-refractivity contribution in [1.29, 1.82) is 0 Å². The third kappa shape index (κ3) is 5.63. The van der Waals surface area contributed by atoms with Gasteiger partial charge in [0.05, 0.1) is 21.7 Å². The highest BCUT2D eigenvalue weighted by Crippen LogP contribution is 2.37. The highest BCUT2D eigenvalue weighted by molar-refractivity contribution is 9.11. The number of aryl methyl sites for hydroxylation is 1. The smallest absolute Gasteiger partial charge is 0.281 e. The number of benzene rings is 3. The van der Waals surface area contributed by atoms with E-state index < -0.39 is 0 Å². The van der Waals surface area contributed by atoms with E-state index in [0.29, 0.717) is 22.3 Å². The quantitative estimate of drug-likeness (QED) is 0.209. The molecule has 5 nitrogen and oxygen atoms in total. The van der Waals surface area contributed by atoms with Gasteiger partial charge in [-0.25, -0.2) is 0 Å². The maximum Gasteiger partial charge on any atom is 0.281 e. The van der Waals surface area contributed by atoms with Gasteiger partial charge in [-0.1, -0.05) is 47.1 Å². The van der Waals surface area contributed by atoms with Crippen LogP contribution in [0.3, 0.4) is 0 Å². The number of amides is 1. The van der Waals surface area contributed by atoms with Crippen LogP contribution in [0.4, 0.5) is 5.69 Å². The van der Waals surface area contributed by atoms with Crippen LogP contribution in [0.1, 0.15) is 23.6 Å². The van der Waals surface area contributed by atoms with Gasteiger partial charge in [-0.05, 0) is 98.0 Å². The number of rotatable bonds is 7. The zero-order chi connectivity index (χ0) is 25.1. The van der Waals surface area contributed by atoms with Gasteiger partial charge in [-0.2, -0.15) is 0 Å². The topological polar surface area (TPSA) is 50.8 Å². The van der Waals surface area contributed by atoms with Gasteiger partial charge < -0.3 is 14.8 Å². The Morgan fingerprint density at radius 2 is 1.74 bits per heavy atom. The van der Waals surface area contributed by atoms with Crippen LogP contribution in [0.2, 0.25) is 0 Å². The van der Waals surface area contributed by atoms with E-state index >= 15 is 0 Å². The molecule has 1 amide bonds. The second-order valence-electron chi connectivity index (χ2n) is 7.67. The summed E-state index contributed by atoms with van der Waals surface area (Å²) in [6.45, 7) is 2.33. The molecule has 1 N–H and O–H groups in total. The number of ether oxygens (including phenoxy) is 2. The summed E-state index contributed by atoms with van der Waals surface area (Å²) >= 11 is 16.0. The molecule has 180 valence electrons. The number of nitrogens with zero attached hydrogens (tertiary/aromatic N) is 1. The summed E-state index contributed by atoms with van der Waals surface area (Å²) in [7, 11) is 1.62. The zero-order valence-corrected chi connectivity index (χ0v) is 24.5. The van der Waals surface area contributed by atoms with Gasteiger partial charge in [-0.3, -0.25) is 9.69 Å². The van der Waals surface area contributed by atoms with E-state index in [2.05, 4.69) is 60.0 Å². The molecule has 1 saturated heterocycles. The first-order valence-electron chi connectivity index (χ1n) is 10.7. The minimum atomic E-state index is -0.188. The highest BCUT2D eigenvalue weighted by Gasteiger charge is 2.33. The largest absolute Gasteiger partial charge is 0.496 e. The van der Waals surface area contributed by atoms with Crippen molar-refractivity contribution < 1.29 is 14.3 Å². The molecule has 0 saturated carbocycles. The van der Waals surface area contributed by atoms with Crippen molar-refractivity contribution in [1.82, 2.24) is 5.32 Å². The van der Waals surface area contributed by atoms with E-state index in [4.69, 9.17) is 21.7 Å². The maximum atomic E-state index is 13.3. The molecule has 1 aliphatic rings. The molecular formula is C26H21Br3N2O3S. The molecule has 0 atom stereocenters. The fourth-order valence-corrected chi connectivity index (χ4v) is 6.55. The van der Waals surface area contributed by atoms with Gasteiger partial charge in [0.2, 0.25) is 0 Å². The average Bonchev–Trinajstić information content (AvgIpc) is 3.10. The van der Waals surface area contributed by atoms with Crippen LogP contribution in [0, 0.1) is 0 Å². The first-order valence-corrected chi connectivity index (χ1v) is 13.5. The molecule has 0 unspecified atom stereocenters. The summed E-state index contributed by atoms with van der Waals surface area (Å²) in [6, 6.07) is 17.3. The average molecular weight is 681 g/mol. The van der Waals surface area contributed by atoms with Crippen molar-refractivity contribution in [3.05, 3.63) is 90.4 Å². The standard InChI is InChI=1S/C26H21Br3N2O3S/c1-3-16-6-4-5-7-22(16)31-25(32)21(30-26(31)35)11-15-8-9-23(33-2)17(10-15)14-34-24-19(28)12-18(27)13-20(24)29/h4-13H,3,14H2,1-2H3,(H,30,35)/b21-11+. The second kappa shape index (κ2) is 11.2. The molecule has 4 rings (SSSR count). The van der Waals surface area contributed by atoms with Crippen LogP contribution >= 0.6 is 60.0 Å². The number of para-hydroxylation sites is 1. The molecule has 3 aromatic carbocycles. The monoisotopic (exact) mass is 678 g/mol. The number of thiocarbonyl (C=S) groups is 1. The SMILES string of the molecule is CCc1ccccc1N1C(=O)/C(=C\c2ccc(OC)c(COc3c(Br)cc(Br)cc3Br)c2)NC1=S. The van der Waals surface area contributed by atoms with Crippen molar-refractivity contribution in [2.45, 2.75) is 20.0 Å². The molecule has 3 aromatic rings. The van der Waals surface area contributed by atoms with Crippen molar-refractivity contribution in [3.8, 4) is 11.5 Å². The summed E-state index contributed by atoms with van der Waals surface area (Å²) in [5.74, 6) is 1.19. The predicted molar refractivity (Wildman–Crippen MR) is 154 cm³/mol. The van der Waals surface area contributed by atoms with Gasteiger partial charge in [0, 0.05) is 10.0 Å². The third-order valence-corrected chi connectivity index (χ3v) is 7.36. The lowest BCUT2D eigenvalue weighted by atomic mass is 10.1. The molecule has 0 aliphatic carbocycles. The van der Waals surface area contributed by atoms with Gasteiger partial charge in [0.1, 0.15) is 23.8 Å². The molecule has 0 radical (unpaired) electrons. The van der Waals surface area contributed by atoms with Crippen molar-refractivity contribution >= 4 is 82.8 Å². The first kappa shape index (κ1) is 25.9. The summed E-state index contributed by atoms with van der Waals surface area (Å²) in [5, 5.41) is 3.43. The van der Waals surface area contributed by atoms with Crippen LogP contribution < -0.4 is 19.7 Å². The Labute approximate surface area is 234 Å². The number of anilines is 1. The van der Waals surface area contributed by atoms with Crippen LogP contribution in [0.5, 0.6) is 11.5 Å². The van der Waals surface area contributed by atoms with E-state index in [1.165, 1.54) is 0 Å². The number of halogens is 3. The van der Waals surface area contributed by atoms with Crippen molar-refractivity contribution in [3.63, 3.8) is 0 Å². The minimum absolute atomic E-state index is 0.188. The second-order valence-corrected chi connectivity index (χ2v) is 10.7. The molecule has 9 heteroatoms. The molecule has 1 aliphatic heterocycles. The highest BCUT2D eigenvalue weighted by atomic mass is 79.9. The molecule has 0 aromatic heterocycles. The summed E-state index contributed by atoms with van der Waals surface area (Å²) in [4.78, 5) is 14.8. The normalized spacial score (nSPS) is 14.4. The molecule has 35 heavy (non-hydrogen) atoms. The Morgan fingerprint density at radius 3 is 2.43 bits per heavy atom. The van der Waals surface area contributed by atoms with Crippen LogP contribution in [0.15, 0.2) is 73.7 Å². The lowest BCUT2D eigenvalue weighted by Gasteiger charge is -2.17. The van der Waals surface area contributed by atoms with E-state index in [1.807, 2.05) is 54.6 Å². The Hall–Kier alpha value is -2.20. The summed E-state index contributed by atoms with van der Waals surface area (Å²) in [5.41, 5.74) is 3.93. The lowest BCUT2D eigenvalue weighted by Crippen LogP contribution is -2.31. The Balaban J connectivity index is 1.60. The lowest BCUT2D eigenvalue weighted by molar-refractivity contribution is -0.113. The maximum absolute atomic E-state index is 13.3. The number of hydrogen-bond donors (Lipinski definition) is 1. The number of nitrogens with one attached hydrogen (secondary N) is 1. The zero-order valence-electron chi connectivity index (χ0n) is 18.9. The van der Waals surface area contributed by atoms with Gasteiger partial charge in [0.25, 0.3) is 5.91 Å². The van der Waals surface area contributed by atoms with Crippen LogP contribution in [0.25, 0.3) is 6.08 Å². The van der Waals surface area contributed by atoms with E-state index in [0.717, 1.165) is 42.2 Å². The number of carbonyl (C=O) groups is 1. The minimum Gasteiger partial charge on any atom is -0.496 e. The molecular weight excluding hydrogens is 660 g/mol. The van der Waals surface area contributed by atoms with Crippen molar-refractivity contribution in [2.24, 2.45) is 0 Å². The fraction of sp³-hybridized carbons (Fsp3) is 0.154. The number of hydrogen-bond acceptors (Lipinski definition) is 4. The van der Waals surface area contributed by atoms with Crippen LogP contribution in [-0.2, 0) is 17.8 Å². The molecule has 1 heterocycles. The first-order chi connectivity index (χ1) is 16.8. The Morgan fingerprint density at radius 1 is 1.03 bits per heavy atom. The number of methoxy groups -OCH3 is 1. The van der Waals surface area contributed by atoms with E-state index in [9.17, 15) is 4.79 Å². The molecule has 0 bridgehead atoms. The van der Waals surface area contributed by atoms with E-state index in [1.54, 1.807) is 18.1 Å². The van der Waals surface area contributed by atoms with Crippen molar-refractivity contribution in [2.75, 3.05) is 12.0 Å². The van der Waals surface area contributed by atoms with E-state index in [-0.39, 0.29) is 12.5 Å². The van der Waals surface area contributed by atoms with Gasteiger partial charge in [-0.15, -0.1) is 0 Å². The summed E-state index contributed by atoms with van der Waals surface area (Å²) in [6.07, 6.45) is 2.59. The predicted octanol–water partition coefficient (Wildman–Crippen LogP) is 7.39. The van der Waals surface area contributed by atoms with Crippen LogP contribution in [-0.4, -0.2) is 18.1 Å². The Kier molecular flexibility index (Phi) is 8.31. The molecule has 1 fully saturated rings.